The molecule has 2 aliphatic rings. The molecular weight excluding hydrogens is 583 g/mol. The summed E-state index contributed by atoms with van der Waals surface area (Å²) in [5.74, 6) is -5.21. The molecule has 14 nitrogen and oxygen atoms in total. The molecule has 2 saturated heterocycles. The number of hydroxylamine groups is 4. The van der Waals surface area contributed by atoms with E-state index in [-0.39, 0.29) is 66.6 Å². The number of hydrogen-bond donors (Lipinski definition) is 4. The van der Waals surface area contributed by atoms with Gasteiger partial charge in [0.2, 0.25) is 0 Å². The van der Waals surface area contributed by atoms with Gasteiger partial charge in [0.05, 0.1) is 11.1 Å². The minimum absolute atomic E-state index is 0. The molecule has 0 amide bonds. The smallest absolute Gasteiger partial charge is 0.634 e. The monoisotopic (exact) mass is 616 g/mol. The molecule has 0 aliphatic carbocycles. The molecule has 2 fully saturated rings. The standard InChI is InChI=1S/2C10H16N2O4.2Cu.2H2O/c2*1-9(2)7(5-6(13)8(14)15)11-10(3,4)12(9)16;;;;/h2*5,12H,1-4H3,(H2,11,13,14,15);;;2*1H2/q;;2*+1;;/p-2. The van der Waals surface area contributed by atoms with E-state index >= 15 is 0 Å². The summed E-state index contributed by atoms with van der Waals surface area (Å²) in [6, 6.07) is 0. The molecule has 2 atom stereocenters. The number of carbonyl (C=O) groups is 4. The van der Waals surface area contributed by atoms with Crippen molar-refractivity contribution in [3.63, 3.8) is 0 Å². The number of nitrogens with one attached hydrogen (secondary N) is 2. The van der Waals surface area contributed by atoms with Gasteiger partial charge >= 0.3 is 46.1 Å². The Balaban J connectivity index is -0.000000256. The normalized spacial score (nSPS) is 25.6. The number of rotatable bonds is 4. The second-order valence-electron chi connectivity index (χ2n) is 9.65. The summed E-state index contributed by atoms with van der Waals surface area (Å²) in [6.45, 7) is 13.1. The quantitative estimate of drug-likeness (QED) is 0.118. The van der Waals surface area contributed by atoms with E-state index in [1.165, 1.54) is 0 Å². The Morgan fingerprint density at radius 2 is 0.889 bits per heavy atom. The van der Waals surface area contributed by atoms with Crippen molar-refractivity contribution >= 4 is 23.5 Å². The van der Waals surface area contributed by atoms with Crippen molar-refractivity contribution in [2.45, 2.75) is 77.8 Å². The van der Waals surface area contributed by atoms with Gasteiger partial charge in [-0.15, -0.1) is 0 Å². The molecule has 0 aromatic rings. The Hall–Kier alpha value is -1.84. The van der Waals surface area contributed by atoms with Gasteiger partial charge in [0, 0.05) is 11.3 Å². The minimum Gasteiger partial charge on any atom is -0.634 e. The first-order valence-electron chi connectivity index (χ1n) is 9.72. The SMILES string of the molecule is CC1(C)[N-]C(=CC(=O)C(=O)O)C(C)(C)[NH+]1[O-].CC1(C)[N-]C(=CC(=O)C(=O)O)C(C)(C)[NH+]1[O-].O.O.[Cu+].[Cu+]. The Morgan fingerprint density at radius 1 is 0.667 bits per heavy atom. The third-order valence-corrected chi connectivity index (χ3v) is 5.28. The number of ketones is 2. The summed E-state index contributed by atoms with van der Waals surface area (Å²) in [6.07, 6.45) is 1.85. The van der Waals surface area contributed by atoms with Crippen LogP contribution in [0.5, 0.6) is 0 Å². The average Bonchev–Trinajstić information content (AvgIpc) is 2.89. The largest absolute Gasteiger partial charge is 1.00 e. The van der Waals surface area contributed by atoms with E-state index in [0.717, 1.165) is 12.2 Å². The van der Waals surface area contributed by atoms with Gasteiger partial charge in [-0.2, -0.15) is 0 Å². The fraction of sp³-hybridized carbons (Fsp3) is 0.600. The molecule has 0 aromatic heterocycles. The Bertz CT molecular complexity index is 829. The second kappa shape index (κ2) is 13.6. The van der Waals surface area contributed by atoms with Crippen molar-refractivity contribution in [1.29, 1.82) is 0 Å². The van der Waals surface area contributed by atoms with E-state index in [0.29, 0.717) is 0 Å². The predicted octanol–water partition coefficient (Wildman–Crippen LogP) is -2.04. The molecule has 2 rings (SSSR count). The van der Waals surface area contributed by atoms with Gasteiger partial charge in [-0.3, -0.25) is 9.59 Å². The van der Waals surface area contributed by atoms with Crippen molar-refractivity contribution in [3.05, 3.63) is 44.6 Å². The summed E-state index contributed by atoms with van der Waals surface area (Å²) in [7, 11) is 0. The minimum atomic E-state index is -1.55. The number of aliphatic carboxylic acids is 2. The maximum absolute atomic E-state index is 11.9. The fourth-order valence-corrected chi connectivity index (χ4v) is 3.54. The van der Waals surface area contributed by atoms with Crippen LogP contribution >= 0.6 is 0 Å². The van der Waals surface area contributed by atoms with Gasteiger partial charge in [-0.05, 0) is 67.5 Å². The van der Waals surface area contributed by atoms with Crippen LogP contribution in [0.3, 0.4) is 0 Å². The van der Waals surface area contributed by atoms with Crippen LogP contribution in [0.4, 0.5) is 0 Å². The molecule has 8 N–H and O–H groups in total. The van der Waals surface area contributed by atoms with Crippen molar-refractivity contribution in [1.82, 2.24) is 0 Å². The number of quaternary nitrogens is 2. The third-order valence-electron chi connectivity index (χ3n) is 5.28. The number of nitrogens with zero attached hydrogens (tertiary/aromatic N) is 2. The second-order valence-corrected chi connectivity index (χ2v) is 9.65. The average molecular weight is 618 g/mol. The molecule has 36 heavy (non-hydrogen) atoms. The molecule has 0 spiro atoms. The molecule has 16 heteroatoms. The van der Waals surface area contributed by atoms with Crippen LogP contribution in [-0.2, 0) is 53.3 Å². The number of carboxylic acids is 2. The Morgan fingerprint density at radius 3 is 1.03 bits per heavy atom. The molecule has 0 aromatic carbocycles. The summed E-state index contributed by atoms with van der Waals surface area (Å²) < 4.78 is 0. The number of carboxylic acid groups (broad SMARTS) is 2. The van der Waals surface area contributed by atoms with Crippen molar-refractivity contribution in [2.75, 3.05) is 0 Å². The zero-order valence-electron chi connectivity index (χ0n) is 21.0. The van der Waals surface area contributed by atoms with Gasteiger partial charge in [0.1, 0.15) is 0 Å². The molecule has 2 unspecified atom stereocenters. The zero-order chi connectivity index (χ0) is 25.4. The van der Waals surface area contributed by atoms with Crippen LogP contribution < -0.4 is 10.1 Å². The number of hydrogen-bond acceptors (Lipinski definition) is 6. The fourth-order valence-electron chi connectivity index (χ4n) is 3.54. The van der Waals surface area contributed by atoms with E-state index in [4.69, 9.17) is 10.2 Å². The first-order valence-corrected chi connectivity index (χ1v) is 9.72. The molecule has 216 valence electrons. The van der Waals surface area contributed by atoms with Crippen LogP contribution in [0.15, 0.2) is 23.5 Å². The third kappa shape index (κ3) is 8.63. The van der Waals surface area contributed by atoms with Gasteiger partial charge in [-0.25, -0.2) is 9.59 Å². The van der Waals surface area contributed by atoms with E-state index < -0.39 is 45.9 Å². The molecule has 0 radical (unpaired) electrons. The topological polar surface area (TPSA) is 255 Å². The molecule has 2 heterocycles. The van der Waals surface area contributed by atoms with Crippen LogP contribution in [0, 0.1) is 10.4 Å². The van der Waals surface area contributed by atoms with Gasteiger partial charge in [-0.1, -0.05) is 11.4 Å². The summed E-state index contributed by atoms with van der Waals surface area (Å²) in [5.41, 5.74) is -3.14. The molecule has 2 aliphatic heterocycles. The Kier molecular flexibility index (Phi) is 15.6. The molecule has 0 bridgehead atoms. The summed E-state index contributed by atoms with van der Waals surface area (Å²) >= 11 is 0. The molecule has 0 saturated carbocycles. The zero-order valence-corrected chi connectivity index (χ0v) is 22.9. The summed E-state index contributed by atoms with van der Waals surface area (Å²) in [4.78, 5) is 43.0. The Labute approximate surface area is 230 Å². The first-order chi connectivity index (χ1) is 14.2. The number of carbonyl (C=O) groups excluding carboxylic acids is 2. The van der Waals surface area contributed by atoms with Crippen LogP contribution in [0.1, 0.15) is 55.4 Å². The maximum Gasteiger partial charge on any atom is 1.00 e. The van der Waals surface area contributed by atoms with E-state index in [9.17, 15) is 29.6 Å². The van der Waals surface area contributed by atoms with Crippen molar-refractivity contribution in [3.8, 4) is 0 Å². The van der Waals surface area contributed by atoms with Gasteiger partial charge in [0.25, 0.3) is 11.6 Å². The van der Waals surface area contributed by atoms with Crippen molar-refractivity contribution < 1.29 is 84.6 Å². The predicted molar refractivity (Wildman–Crippen MR) is 120 cm³/mol. The maximum atomic E-state index is 11.9. The van der Waals surface area contributed by atoms with Gasteiger partial charge < -0.3 is 52.3 Å². The van der Waals surface area contributed by atoms with E-state index in [1.54, 1.807) is 55.4 Å². The van der Waals surface area contributed by atoms with Crippen molar-refractivity contribution in [2.24, 2.45) is 0 Å². The molecular formula is C20H34Cu2N4O10. The summed E-state index contributed by atoms with van der Waals surface area (Å²) in [5, 5.41) is 48.8. The van der Waals surface area contributed by atoms with Gasteiger partial charge in [0.15, 0.2) is 0 Å². The van der Waals surface area contributed by atoms with Crippen LogP contribution in [0.2, 0.25) is 0 Å². The first kappa shape index (κ1) is 41.3. The van der Waals surface area contributed by atoms with Crippen LogP contribution in [-0.4, -0.2) is 67.1 Å². The van der Waals surface area contributed by atoms with Crippen LogP contribution in [0.25, 0.3) is 10.6 Å². The van der Waals surface area contributed by atoms with E-state index in [2.05, 4.69) is 10.6 Å². The van der Waals surface area contributed by atoms with E-state index in [1.807, 2.05) is 0 Å².